The Balaban J connectivity index is 1.26. The summed E-state index contributed by atoms with van der Waals surface area (Å²) in [7, 11) is -2.59. The Morgan fingerprint density at radius 1 is 1.02 bits per heavy atom. The number of allylic oxidation sites excluding steroid dienone is 1. The fourth-order valence-electron chi connectivity index (χ4n) is 5.33. The monoisotopic (exact) mass is 627 g/mol. The number of aromatic nitrogens is 1. The van der Waals surface area contributed by atoms with Crippen LogP contribution >= 0.6 is 0 Å². The zero-order valence-corrected chi connectivity index (χ0v) is 25.0. The lowest BCUT2D eigenvalue weighted by Gasteiger charge is -2.38. The molecule has 2 aliphatic heterocycles. The molecule has 44 heavy (non-hydrogen) atoms. The van der Waals surface area contributed by atoms with E-state index in [9.17, 15) is 34.1 Å². The van der Waals surface area contributed by atoms with E-state index >= 15 is 0 Å². The van der Waals surface area contributed by atoms with Crippen LogP contribution in [0.5, 0.6) is 0 Å². The Morgan fingerprint density at radius 3 is 2.50 bits per heavy atom. The minimum absolute atomic E-state index is 0.463. The van der Waals surface area contributed by atoms with E-state index in [4.69, 9.17) is 9.47 Å². The number of sulfonamides is 1. The summed E-state index contributed by atoms with van der Waals surface area (Å²) >= 11 is 0. The molecule has 13 nitrogen and oxygen atoms in total. The number of benzene rings is 2. The number of morpholine rings is 1. The van der Waals surface area contributed by atoms with Crippen molar-refractivity contribution in [3.05, 3.63) is 59.1 Å². The van der Waals surface area contributed by atoms with Gasteiger partial charge < -0.3 is 39.8 Å². The number of hydrogen-bond acceptors (Lipinski definition) is 11. The molecule has 6 N–H and O–H groups in total. The summed E-state index contributed by atoms with van der Waals surface area (Å²) in [4.78, 5) is 1.80. The summed E-state index contributed by atoms with van der Waals surface area (Å²) in [6.45, 7) is 4.70. The van der Waals surface area contributed by atoms with Crippen molar-refractivity contribution in [3.63, 3.8) is 0 Å². The van der Waals surface area contributed by atoms with Gasteiger partial charge in [-0.3, -0.25) is 4.90 Å². The van der Waals surface area contributed by atoms with Crippen molar-refractivity contribution in [1.82, 2.24) is 14.2 Å². The van der Waals surface area contributed by atoms with Gasteiger partial charge in [0.15, 0.2) is 11.2 Å². The molecule has 0 amide bonds. The van der Waals surface area contributed by atoms with Gasteiger partial charge in [-0.05, 0) is 52.7 Å². The molecule has 0 radical (unpaired) electrons. The summed E-state index contributed by atoms with van der Waals surface area (Å²) in [5.74, 6) is 0. The number of ether oxygens (including phenoxy) is 2. The first-order valence-electron chi connectivity index (χ1n) is 14.3. The lowest BCUT2D eigenvalue weighted by atomic mass is 9.99. The second-order valence-corrected chi connectivity index (χ2v) is 12.6. The number of aliphatic hydroxyl groups excluding tert-OH is 4. The SMILES string of the molecule is Cn1c(/C=C(\C#N)S(=O)(=O)NCC2OC(O)[C@H](O)[C@@H](O)[C@@H]2O)ccc1-c1ccc2cc(NCCN3CCOCC3)ccc2c1. The van der Waals surface area contributed by atoms with Gasteiger partial charge in [-0.15, -0.1) is 0 Å². The van der Waals surface area contributed by atoms with Crippen molar-refractivity contribution in [3.8, 4) is 17.3 Å². The predicted octanol–water partition coefficient (Wildman–Crippen LogP) is 0.173. The lowest BCUT2D eigenvalue weighted by Crippen LogP contribution is -2.59. The van der Waals surface area contributed by atoms with E-state index in [-0.39, 0.29) is 0 Å². The van der Waals surface area contributed by atoms with Gasteiger partial charge in [0.2, 0.25) is 0 Å². The minimum Gasteiger partial charge on any atom is -0.388 e. The summed E-state index contributed by atoms with van der Waals surface area (Å²) < 4.78 is 40.2. The molecule has 0 bridgehead atoms. The van der Waals surface area contributed by atoms with Crippen LogP contribution in [-0.2, 0) is 26.5 Å². The largest absolute Gasteiger partial charge is 0.388 e. The molecule has 2 unspecified atom stereocenters. The molecule has 14 heteroatoms. The molecule has 2 aromatic carbocycles. The van der Waals surface area contributed by atoms with Crippen molar-refractivity contribution in [1.29, 1.82) is 5.26 Å². The molecule has 3 heterocycles. The van der Waals surface area contributed by atoms with Crippen LogP contribution in [-0.4, -0.2) is 115 Å². The smallest absolute Gasteiger partial charge is 0.250 e. The summed E-state index contributed by atoms with van der Waals surface area (Å²) in [5.41, 5.74) is 3.23. The first kappa shape index (κ1) is 32.0. The average Bonchev–Trinajstić information content (AvgIpc) is 3.39. The van der Waals surface area contributed by atoms with Crippen LogP contribution in [0, 0.1) is 11.3 Å². The molecule has 5 atom stereocenters. The Hall–Kier alpha value is -3.36. The first-order chi connectivity index (χ1) is 21.1. The maximum Gasteiger partial charge on any atom is 0.250 e. The highest BCUT2D eigenvalue weighted by Gasteiger charge is 2.43. The Kier molecular flexibility index (Phi) is 10.0. The normalized spacial score (nSPS) is 25.2. The zero-order valence-electron chi connectivity index (χ0n) is 24.2. The van der Waals surface area contributed by atoms with Crippen LogP contribution < -0.4 is 10.0 Å². The van der Waals surface area contributed by atoms with E-state index < -0.39 is 52.2 Å². The highest BCUT2D eigenvalue weighted by Crippen LogP contribution is 2.28. The van der Waals surface area contributed by atoms with E-state index in [0.717, 1.165) is 67.1 Å². The van der Waals surface area contributed by atoms with Crippen LogP contribution in [0.15, 0.2) is 53.4 Å². The van der Waals surface area contributed by atoms with Crippen LogP contribution in [0.4, 0.5) is 5.69 Å². The first-order valence-corrected chi connectivity index (χ1v) is 15.8. The quantitative estimate of drug-likeness (QED) is 0.168. The molecule has 1 aromatic heterocycles. The number of nitrogens with one attached hydrogen (secondary N) is 2. The van der Waals surface area contributed by atoms with Crippen LogP contribution in [0.2, 0.25) is 0 Å². The molecule has 2 aliphatic rings. The standard InChI is InChI=1S/C30H37N5O8S/c1-34-23(16-24(17-31)44(40,41)33-18-26-27(36)28(37)29(38)30(39)43-26)6-7-25(34)21-3-2-20-15-22(5-4-19(20)14-21)32-8-9-35-10-12-42-13-11-35/h2-7,14-16,26-30,32-33,36-39H,8-13,18H2,1H3/b24-16+/t26?,27-,28+,29-,30?/m1/s1. The van der Waals surface area contributed by atoms with Gasteiger partial charge in [-0.25, -0.2) is 13.1 Å². The molecule has 2 saturated heterocycles. The lowest BCUT2D eigenvalue weighted by molar-refractivity contribution is -0.279. The number of rotatable bonds is 10. The van der Waals surface area contributed by atoms with Gasteiger partial charge in [0.05, 0.1) is 13.2 Å². The summed E-state index contributed by atoms with van der Waals surface area (Å²) in [6.07, 6.45) is -7.07. The third-order valence-corrected chi connectivity index (χ3v) is 9.33. The Labute approximate surface area is 255 Å². The highest BCUT2D eigenvalue weighted by atomic mass is 32.2. The number of nitrogens with zero attached hydrogens (tertiary/aromatic N) is 3. The molecule has 0 aliphatic carbocycles. The van der Waals surface area contributed by atoms with E-state index in [2.05, 4.69) is 33.1 Å². The molecule has 2 fully saturated rings. The topological polar surface area (TPSA) is 190 Å². The van der Waals surface area contributed by atoms with Gasteiger partial charge in [-0.2, -0.15) is 5.26 Å². The van der Waals surface area contributed by atoms with Gasteiger partial charge in [0.25, 0.3) is 10.0 Å². The number of fused-ring (bicyclic) bond motifs is 1. The number of nitriles is 1. The molecule has 0 spiro atoms. The van der Waals surface area contributed by atoms with E-state index in [1.54, 1.807) is 23.8 Å². The molecule has 236 valence electrons. The van der Waals surface area contributed by atoms with Crippen molar-refractivity contribution in [2.24, 2.45) is 7.05 Å². The Bertz CT molecular complexity index is 1650. The minimum atomic E-state index is -4.35. The summed E-state index contributed by atoms with van der Waals surface area (Å²) in [5, 5.41) is 54.5. The number of hydrogen-bond donors (Lipinski definition) is 6. The number of anilines is 1. The molecule has 5 rings (SSSR count). The zero-order chi connectivity index (χ0) is 31.4. The molecular formula is C30H37N5O8S. The maximum atomic E-state index is 12.9. The van der Waals surface area contributed by atoms with Crippen molar-refractivity contribution >= 4 is 32.6 Å². The van der Waals surface area contributed by atoms with Gasteiger partial charge in [0.1, 0.15) is 30.5 Å². The fraction of sp³-hybridized carbons (Fsp3) is 0.433. The van der Waals surface area contributed by atoms with E-state index in [0.29, 0.717) is 5.69 Å². The van der Waals surface area contributed by atoms with Gasteiger partial charge in [-0.1, -0.05) is 18.2 Å². The van der Waals surface area contributed by atoms with Gasteiger partial charge >= 0.3 is 0 Å². The molecule has 0 saturated carbocycles. The second kappa shape index (κ2) is 13.7. The van der Waals surface area contributed by atoms with E-state index in [1.165, 1.54) is 6.08 Å². The second-order valence-electron chi connectivity index (χ2n) is 10.9. The number of aliphatic hydroxyl groups is 4. The van der Waals surface area contributed by atoms with Crippen molar-refractivity contribution < 1.29 is 38.3 Å². The highest BCUT2D eigenvalue weighted by molar-refractivity contribution is 7.93. The van der Waals surface area contributed by atoms with Crippen molar-refractivity contribution in [2.75, 3.05) is 51.3 Å². The maximum absolute atomic E-state index is 12.9. The average molecular weight is 628 g/mol. The van der Waals surface area contributed by atoms with Crippen LogP contribution in [0.25, 0.3) is 28.1 Å². The molecular weight excluding hydrogens is 590 g/mol. The summed E-state index contributed by atoms with van der Waals surface area (Å²) in [6, 6.07) is 17.5. The van der Waals surface area contributed by atoms with Crippen LogP contribution in [0.3, 0.4) is 0 Å². The fourth-order valence-corrected chi connectivity index (χ4v) is 6.27. The van der Waals surface area contributed by atoms with E-state index in [1.807, 2.05) is 24.3 Å². The Morgan fingerprint density at radius 2 is 1.75 bits per heavy atom. The predicted molar refractivity (Wildman–Crippen MR) is 164 cm³/mol. The third kappa shape index (κ3) is 7.13. The van der Waals surface area contributed by atoms with Gasteiger partial charge in [0, 0.05) is 56.8 Å². The van der Waals surface area contributed by atoms with Crippen LogP contribution in [0.1, 0.15) is 5.69 Å². The third-order valence-electron chi connectivity index (χ3n) is 8.00. The molecule has 3 aromatic rings. The van der Waals surface area contributed by atoms with Crippen molar-refractivity contribution in [2.45, 2.75) is 30.7 Å².